The Hall–Kier alpha value is -3.54. The van der Waals surface area contributed by atoms with Crippen molar-refractivity contribution in [2.75, 3.05) is 55.6 Å². The minimum absolute atomic E-state index is 0.190. The Morgan fingerprint density at radius 1 is 1.06 bits per heavy atom. The molecule has 0 unspecified atom stereocenters. The number of hydrogen-bond donors (Lipinski definition) is 1. The average molecular weight is 455 g/mol. The summed E-state index contributed by atoms with van der Waals surface area (Å²) in [6.07, 6.45) is 6.06. The summed E-state index contributed by atoms with van der Waals surface area (Å²) >= 11 is 0. The molecule has 0 atom stereocenters. The van der Waals surface area contributed by atoms with E-state index in [1.165, 1.54) is 6.33 Å². The highest BCUT2D eigenvalue weighted by Gasteiger charge is 2.25. The first-order chi connectivity index (χ1) is 16.1. The van der Waals surface area contributed by atoms with Gasteiger partial charge < -0.3 is 9.80 Å². The number of nitro groups is 1. The summed E-state index contributed by atoms with van der Waals surface area (Å²) in [5.74, 6) is 0. The van der Waals surface area contributed by atoms with E-state index in [-0.39, 0.29) is 10.6 Å². The zero-order valence-corrected chi connectivity index (χ0v) is 18.5. The van der Waals surface area contributed by atoms with Gasteiger partial charge in [-0.25, -0.2) is 9.97 Å². The zero-order chi connectivity index (χ0) is 22.8. The Labute approximate surface area is 190 Å². The average Bonchev–Trinajstić information content (AvgIpc) is 3.47. The van der Waals surface area contributed by atoms with Gasteiger partial charge in [-0.1, -0.05) is 9.78 Å². The Morgan fingerprint density at radius 2 is 1.85 bits per heavy atom. The molecule has 174 valence electrons. The molecular weight excluding hydrogens is 426 g/mol. The molecule has 4 heterocycles. The van der Waals surface area contributed by atoms with Gasteiger partial charge in [0.1, 0.15) is 12.0 Å². The Kier molecular flexibility index (Phi) is 5.90. The quantitative estimate of drug-likeness (QED) is 0.323. The lowest BCUT2D eigenvalue weighted by Gasteiger charge is -2.36. The van der Waals surface area contributed by atoms with Gasteiger partial charge in [-0.2, -0.15) is 0 Å². The van der Waals surface area contributed by atoms with E-state index in [0.717, 1.165) is 76.5 Å². The van der Waals surface area contributed by atoms with Crippen molar-refractivity contribution in [3.05, 3.63) is 45.7 Å². The summed E-state index contributed by atoms with van der Waals surface area (Å²) in [5, 5.41) is 14.2. The molecule has 0 saturated carbocycles. The molecule has 1 N–H and O–H groups in total. The second kappa shape index (κ2) is 9.14. The largest absolute Gasteiger partial charge is 0.369 e. The Balaban J connectivity index is 1.18. The van der Waals surface area contributed by atoms with Crippen molar-refractivity contribution in [1.29, 1.82) is 0 Å². The topological polar surface area (TPSA) is 122 Å². The van der Waals surface area contributed by atoms with Crippen molar-refractivity contribution in [3.8, 4) is 0 Å². The lowest BCUT2D eigenvalue weighted by Crippen LogP contribution is -2.47. The van der Waals surface area contributed by atoms with Crippen LogP contribution in [0.15, 0.2) is 30.7 Å². The number of nitro benzene ring substituents is 1. The molecule has 0 radical (unpaired) electrons. The third-order valence-corrected chi connectivity index (χ3v) is 6.58. The standard InChI is InChI=1S/C21H28N9O3/c31-29(32)18-5-4-17(14-19(18)27-7-1-2-8-27)26-12-10-25(11-13-26)6-3-9-28-20-15-22-16-23-21(20)24-30(28)33/h4-5,14-16H,1-3,6-13H2,(H,22,23,24,33)/q+1. The van der Waals surface area contributed by atoms with Crippen LogP contribution >= 0.6 is 0 Å². The summed E-state index contributed by atoms with van der Waals surface area (Å²) < 4.78 is 2.33. The number of piperazine rings is 1. The van der Waals surface area contributed by atoms with Gasteiger partial charge in [-0.15, -0.1) is 0 Å². The highest BCUT2D eigenvalue weighted by molar-refractivity contribution is 5.71. The predicted molar refractivity (Wildman–Crippen MR) is 123 cm³/mol. The van der Waals surface area contributed by atoms with Gasteiger partial charge in [0.2, 0.25) is 5.65 Å². The fourth-order valence-corrected chi connectivity index (χ4v) is 4.81. The van der Waals surface area contributed by atoms with Crippen LogP contribution < -0.4 is 14.5 Å². The van der Waals surface area contributed by atoms with E-state index in [1.54, 1.807) is 16.9 Å². The van der Waals surface area contributed by atoms with E-state index in [1.807, 2.05) is 12.1 Å². The number of aromatic amines is 1. The van der Waals surface area contributed by atoms with Crippen molar-refractivity contribution in [1.82, 2.24) is 24.6 Å². The van der Waals surface area contributed by atoms with E-state index in [2.05, 4.69) is 29.8 Å². The SMILES string of the molecule is O=[N+]([O-])c1ccc(N2CCN(CCCn3c4cncnc4[nH][n+]3=O)CC2)cc1N1CCCC1. The smallest absolute Gasteiger partial charge is 0.292 e. The molecule has 2 aliphatic rings. The number of rotatable bonds is 7. The van der Waals surface area contributed by atoms with Crippen LogP contribution in [0.25, 0.3) is 11.2 Å². The molecule has 0 bridgehead atoms. The van der Waals surface area contributed by atoms with E-state index in [0.29, 0.717) is 22.4 Å². The van der Waals surface area contributed by atoms with Gasteiger partial charge in [-0.05, 0) is 31.4 Å². The van der Waals surface area contributed by atoms with Gasteiger partial charge in [-0.3, -0.25) is 15.0 Å². The fourth-order valence-electron chi connectivity index (χ4n) is 4.81. The summed E-state index contributed by atoms with van der Waals surface area (Å²) in [5.41, 5.74) is 3.20. The third kappa shape index (κ3) is 4.38. The third-order valence-electron chi connectivity index (χ3n) is 6.58. The van der Waals surface area contributed by atoms with Gasteiger partial charge in [0.15, 0.2) is 5.52 Å². The predicted octanol–water partition coefficient (Wildman–Crippen LogP) is 1.39. The number of nitrogens with zero attached hydrogens (tertiary/aromatic N) is 8. The highest BCUT2D eigenvalue weighted by atomic mass is 16.6. The second-order valence-corrected chi connectivity index (χ2v) is 8.57. The van der Waals surface area contributed by atoms with Crippen LogP contribution in [0, 0.1) is 15.0 Å². The van der Waals surface area contributed by atoms with Crippen LogP contribution in [-0.4, -0.2) is 75.4 Å². The molecule has 2 saturated heterocycles. The van der Waals surface area contributed by atoms with Crippen molar-refractivity contribution in [3.63, 3.8) is 0 Å². The van der Waals surface area contributed by atoms with Crippen molar-refractivity contribution < 1.29 is 9.58 Å². The first-order valence-corrected chi connectivity index (χ1v) is 11.4. The Bertz CT molecular complexity index is 1190. The molecule has 0 spiro atoms. The minimum atomic E-state index is -0.279. The van der Waals surface area contributed by atoms with Gasteiger partial charge >= 0.3 is 0 Å². The molecule has 5 rings (SSSR count). The monoisotopic (exact) mass is 454 g/mol. The summed E-state index contributed by atoms with van der Waals surface area (Å²) in [6, 6.07) is 5.51. The Morgan fingerprint density at radius 3 is 2.61 bits per heavy atom. The molecule has 1 aromatic carbocycles. The summed E-state index contributed by atoms with van der Waals surface area (Å²) in [4.78, 5) is 38.3. The van der Waals surface area contributed by atoms with E-state index in [4.69, 9.17) is 0 Å². The van der Waals surface area contributed by atoms with Crippen LogP contribution in [-0.2, 0) is 6.54 Å². The number of aryl methyl sites for hydroxylation is 1. The molecule has 0 amide bonds. The minimum Gasteiger partial charge on any atom is -0.369 e. The van der Waals surface area contributed by atoms with Crippen LogP contribution in [0.5, 0.6) is 0 Å². The molecule has 0 aliphatic carbocycles. The first-order valence-electron chi connectivity index (χ1n) is 11.4. The van der Waals surface area contributed by atoms with Crippen molar-refractivity contribution in [2.24, 2.45) is 0 Å². The highest BCUT2D eigenvalue weighted by Crippen LogP contribution is 2.34. The van der Waals surface area contributed by atoms with Crippen LogP contribution in [0.3, 0.4) is 0 Å². The summed E-state index contributed by atoms with van der Waals surface area (Å²) in [6.45, 7) is 6.78. The lowest BCUT2D eigenvalue weighted by atomic mass is 10.2. The van der Waals surface area contributed by atoms with Crippen molar-refractivity contribution in [2.45, 2.75) is 25.8 Å². The van der Waals surface area contributed by atoms with Gasteiger partial charge in [0, 0.05) is 57.6 Å². The van der Waals surface area contributed by atoms with E-state index < -0.39 is 0 Å². The first kappa shape index (κ1) is 21.3. The maximum absolute atomic E-state index is 12.1. The number of benzene rings is 1. The second-order valence-electron chi connectivity index (χ2n) is 8.57. The van der Waals surface area contributed by atoms with Crippen molar-refractivity contribution >= 4 is 28.2 Å². The number of anilines is 2. The number of H-pyrrole nitrogens is 1. The maximum Gasteiger partial charge on any atom is 0.292 e. The van der Waals surface area contributed by atoms with E-state index >= 15 is 0 Å². The van der Waals surface area contributed by atoms with Crippen LogP contribution in [0.4, 0.5) is 17.1 Å². The molecule has 2 aliphatic heterocycles. The maximum atomic E-state index is 12.1. The molecular formula is C21H28N9O3+. The number of hydrogen-bond acceptors (Lipinski definition) is 8. The number of nitrogens with one attached hydrogen (secondary N) is 1. The van der Waals surface area contributed by atoms with Crippen LogP contribution in [0.1, 0.15) is 19.3 Å². The molecule has 3 aromatic rings. The van der Waals surface area contributed by atoms with Gasteiger partial charge in [0.05, 0.1) is 22.6 Å². The van der Waals surface area contributed by atoms with Gasteiger partial charge in [0.25, 0.3) is 10.3 Å². The lowest BCUT2D eigenvalue weighted by molar-refractivity contribution is -0.649. The fraction of sp³-hybridized carbons (Fsp3) is 0.524. The molecule has 2 aromatic heterocycles. The van der Waals surface area contributed by atoms with E-state index in [9.17, 15) is 15.0 Å². The van der Waals surface area contributed by atoms with Crippen LogP contribution in [0.2, 0.25) is 0 Å². The molecule has 33 heavy (non-hydrogen) atoms. The molecule has 12 nitrogen and oxygen atoms in total. The normalized spacial score (nSPS) is 17.2. The zero-order valence-electron chi connectivity index (χ0n) is 18.5. The number of aromatic nitrogens is 5. The molecule has 2 fully saturated rings. The number of fused-ring (bicyclic) bond motifs is 1. The molecule has 12 heteroatoms. The summed E-state index contributed by atoms with van der Waals surface area (Å²) in [7, 11) is 0.